The van der Waals surface area contributed by atoms with Crippen molar-refractivity contribution in [3.63, 3.8) is 0 Å². The summed E-state index contributed by atoms with van der Waals surface area (Å²) in [5.74, 6) is -3.50. The number of aromatic nitrogens is 2. The lowest BCUT2D eigenvalue weighted by molar-refractivity contribution is -0.142. The van der Waals surface area contributed by atoms with Gasteiger partial charge in [0.25, 0.3) is 0 Å². The quantitative estimate of drug-likeness (QED) is 0.142. The molecule has 8 N–H and O–H groups in total. The number of hydrogen-bond donors (Lipinski definition) is 7. The van der Waals surface area contributed by atoms with Gasteiger partial charge in [0.15, 0.2) is 0 Å². The number of aliphatic hydroxyl groups is 1. The minimum absolute atomic E-state index is 0.0306. The average Bonchev–Trinajstić information content (AvgIpc) is 3.44. The smallest absolute Gasteiger partial charge is 0.326 e. The Balaban J connectivity index is 1.73. The van der Waals surface area contributed by atoms with Gasteiger partial charge in [0.2, 0.25) is 17.7 Å². The summed E-state index contributed by atoms with van der Waals surface area (Å²) < 4.78 is 0. The highest BCUT2D eigenvalue weighted by Crippen LogP contribution is 2.08. The minimum Gasteiger partial charge on any atom is -0.480 e. The molecule has 1 aromatic heterocycles. The van der Waals surface area contributed by atoms with Gasteiger partial charge < -0.3 is 36.9 Å². The number of carbonyl (C=O) groups is 4. The van der Waals surface area contributed by atoms with Crippen LogP contribution in [0.15, 0.2) is 73.2 Å². The van der Waals surface area contributed by atoms with Crippen LogP contribution in [0.3, 0.4) is 0 Å². The molecule has 40 heavy (non-hydrogen) atoms. The van der Waals surface area contributed by atoms with Gasteiger partial charge in [-0.05, 0) is 24.5 Å². The molecule has 3 amide bonds. The number of aliphatic hydroxyl groups excluding tert-OH is 1. The van der Waals surface area contributed by atoms with Gasteiger partial charge >= 0.3 is 5.97 Å². The normalized spacial score (nSPS) is 14.7. The van der Waals surface area contributed by atoms with Crippen molar-refractivity contribution in [2.45, 2.75) is 56.5 Å². The second-order valence-corrected chi connectivity index (χ2v) is 9.45. The van der Waals surface area contributed by atoms with Gasteiger partial charge in [0.1, 0.15) is 18.1 Å². The van der Waals surface area contributed by atoms with Gasteiger partial charge in [0, 0.05) is 24.7 Å². The fourth-order valence-corrected chi connectivity index (χ4v) is 4.04. The van der Waals surface area contributed by atoms with Gasteiger partial charge in [-0.3, -0.25) is 14.4 Å². The van der Waals surface area contributed by atoms with Gasteiger partial charge in [-0.25, -0.2) is 9.78 Å². The van der Waals surface area contributed by atoms with Crippen LogP contribution in [0.25, 0.3) is 0 Å². The number of rotatable bonds is 14. The van der Waals surface area contributed by atoms with E-state index in [4.69, 9.17) is 5.73 Å². The first-order valence-electron chi connectivity index (χ1n) is 12.8. The monoisotopic (exact) mass is 550 g/mol. The summed E-state index contributed by atoms with van der Waals surface area (Å²) >= 11 is 0. The van der Waals surface area contributed by atoms with Crippen LogP contribution < -0.4 is 21.7 Å². The first-order chi connectivity index (χ1) is 19.1. The van der Waals surface area contributed by atoms with Crippen LogP contribution in [0.1, 0.15) is 23.7 Å². The summed E-state index contributed by atoms with van der Waals surface area (Å²) in [4.78, 5) is 57.8. The van der Waals surface area contributed by atoms with E-state index in [2.05, 4.69) is 25.9 Å². The van der Waals surface area contributed by atoms with Crippen molar-refractivity contribution >= 4 is 23.7 Å². The zero-order valence-electron chi connectivity index (χ0n) is 22.0. The molecule has 5 atom stereocenters. The Morgan fingerprint density at radius 2 is 1.40 bits per heavy atom. The van der Waals surface area contributed by atoms with E-state index in [0.717, 1.165) is 5.56 Å². The maximum absolute atomic E-state index is 13.3. The van der Waals surface area contributed by atoms with Crippen LogP contribution in [-0.4, -0.2) is 74.1 Å². The number of H-pyrrole nitrogens is 1. The second-order valence-electron chi connectivity index (χ2n) is 9.45. The minimum atomic E-state index is -1.42. The van der Waals surface area contributed by atoms with E-state index in [0.29, 0.717) is 11.3 Å². The number of aromatic amines is 1. The number of nitrogens with one attached hydrogen (secondary N) is 4. The van der Waals surface area contributed by atoms with Crippen LogP contribution in [0.4, 0.5) is 0 Å². The van der Waals surface area contributed by atoms with Crippen molar-refractivity contribution in [3.05, 3.63) is 90.0 Å². The van der Waals surface area contributed by atoms with Crippen LogP contribution in [0.5, 0.6) is 0 Å². The third-order valence-corrected chi connectivity index (χ3v) is 6.21. The Labute approximate surface area is 231 Å². The summed E-state index contributed by atoms with van der Waals surface area (Å²) in [7, 11) is 0. The van der Waals surface area contributed by atoms with Crippen molar-refractivity contribution in [1.29, 1.82) is 0 Å². The van der Waals surface area contributed by atoms with Crippen molar-refractivity contribution in [2.24, 2.45) is 5.73 Å². The summed E-state index contributed by atoms with van der Waals surface area (Å²) in [6.07, 6.45) is 1.71. The fraction of sp³-hybridized carbons (Fsp3) is 0.321. The molecule has 3 rings (SSSR count). The van der Waals surface area contributed by atoms with Gasteiger partial charge in [-0.15, -0.1) is 0 Å². The molecule has 12 heteroatoms. The topological polar surface area (TPSA) is 200 Å². The fourth-order valence-electron chi connectivity index (χ4n) is 4.04. The number of carboxylic acids is 1. The van der Waals surface area contributed by atoms with E-state index in [9.17, 15) is 29.4 Å². The van der Waals surface area contributed by atoms with Crippen molar-refractivity contribution in [3.8, 4) is 0 Å². The lowest BCUT2D eigenvalue weighted by atomic mass is 10.0. The molecule has 0 bridgehead atoms. The van der Waals surface area contributed by atoms with Crippen molar-refractivity contribution in [1.82, 2.24) is 25.9 Å². The molecule has 0 fully saturated rings. The second kappa shape index (κ2) is 14.6. The van der Waals surface area contributed by atoms with E-state index in [-0.39, 0.29) is 19.3 Å². The molecule has 0 aliphatic heterocycles. The summed E-state index contributed by atoms with van der Waals surface area (Å²) in [6, 6.07) is 13.0. The van der Waals surface area contributed by atoms with E-state index < -0.39 is 54.0 Å². The Hall–Kier alpha value is -4.55. The number of nitrogens with zero attached hydrogens (tertiary/aromatic N) is 1. The van der Waals surface area contributed by atoms with E-state index in [1.165, 1.54) is 19.4 Å². The maximum Gasteiger partial charge on any atom is 0.326 e. The van der Waals surface area contributed by atoms with Gasteiger partial charge in [-0.2, -0.15) is 0 Å². The SMILES string of the molecule is CC(O)C(NC(=O)C(N)Cc1ccccc1)C(=O)NC(Cc1ccccc1)C(=O)NC(Cc1cnc[nH]1)C(=O)O. The predicted molar refractivity (Wildman–Crippen MR) is 146 cm³/mol. The number of carboxylic acid groups (broad SMARTS) is 1. The number of imidazole rings is 1. The molecule has 12 nitrogen and oxygen atoms in total. The highest BCUT2D eigenvalue weighted by molar-refractivity contribution is 5.94. The molecule has 0 aliphatic rings. The van der Waals surface area contributed by atoms with Crippen LogP contribution in [0.2, 0.25) is 0 Å². The Morgan fingerprint density at radius 3 is 1.93 bits per heavy atom. The Morgan fingerprint density at radius 1 is 0.825 bits per heavy atom. The molecule has 1 heterocycles. The van der Waals surface area contributed by atoms with Crippen LogP contribution >= 0.6 is 0 Å². The largest absolute Gasteiger partial charge is 0.480 e. The molecule has 212 valence electrons. The van der Waals surface area contributed by atoms with Crippen LogP contribution in [-0.2, 0) is 38.4 Å². The van der Waals surface area contributed by atoms with Gasteiger partial charge in [0.05, 0.1) is 18.5 Å². The van der Waals surface area contributed by atoms with Gasteiger partial charge in [-0.1, -0.05) is 60.7 Å². The summed E-state index contributed by atoms with van der Waals surface area (Å²) in [6.45, 7) is 1.32. The number of aliphatic carboxylic acids is 1. The summed E-state index contributed by atoms with van der Waals surface area (Å²) in [5, 5.41) is 27.5. The molecule has 5 unspecified atom stereocenters. The third kappa shape index (κ3) is 9.03. The number of carbonyl (C=O) groups excluding carboxylic acids is 3. The van der Waals surface area contributed by atoms with E-state index >= 15 is 0 Å². The number of amides is 3. The maximum atomic E-state index is 13.3. The first-order valence-corrected chi connectivity index (χ1v) is 12.8. The van der Waals surface area contributed by atoms with E-state index in [1.807, 2.05) is 30.3 Å². The molecule has 0 saturated heterocycles. The first kappa shape index (κ1) is 30.0. The number of nitrogens with two attached hydrogens (primary N) is 1. The highest BCUT2D eigenvalue weighted by atomic mass is 16.4. The zero-order valence-corrected chi connectivity index (χ0v) is 22.0. The van der Waals surface area contributed by atoms with Crippen LogP contribution in [0, 0.1) is 0 Å². The zero-order chi connectivity index (χ0) is 29.1. The highest BCUT2D eigenvalue weighted by Gasteiger charge is 2.32. The van der Waals surface area contributed by atoms with E-state index in [1.54, 1.807) is 30.3 Å². The van der Waals surface area contributed by atoms with Crippen molar-refractivity contribution < 1.29 is 29.4 Å². The predicted octanol–water partition coefficient (Wildman–Crippen LogP) is -0.315. The molecule has 0 aliphatic carbocycles. The standard InChI is InChI=1S/C28H34N6O6/c1-17(35)24(34-25(36)21(29)12-18-8-4-2-5-9-18)27(38)32-22(13-19-10-6-3-7-11-19)26(37)33-23(28(39)40)14-20-15-30-16-31-20/h2-11,15-17,21-24,35H,12-14,29H2,1H3,(H,30,31)(H,32,38)(H,33,37)(H,34,36)(H,39,40). The molecule has 0 spiro atoms. The molecule has 0 radical (unpaired) electrons. The Kier molecular flexibility index (Phi) is 10.9. The average molecular weight is 551 g/mol. The summed E-state index contributed by atoms with van der Waals surface area (Å²) in [5.41, 5.74) is 8.06. The molecular formula is C28H34N6O6. The third-order valence-electron chi connectivity index (χ3n) is 6.21. The lowest BCUT2D eigenvalue weighted by Gasteiger charge is -2.26. The Bertz CT molecular complexity index is 1250. The number of benzene rings is 2. The molecular weight excluding hydrogens is 516 g/mol. The van der Waals surface area contributed by atoms with Crippen molar-refractivity contribution in [2.75, 3.05) is 0 Å². The number of hydrogen-bond acceptors (Lipinski definition) is 7. The molecule has 2 aromatic carbocycles. The lowest BCUT2D eigenvalue weighted by Crippen LogP contribution is -2.60. The molecule has 3 aromatic rings. The molecule has 0 saturated carbocycles.